The zero-order valence-electron chi connectivity index (χ0n) is 11.9. The number of aromatic nitrogens is 2. The smallest absolute Gasteiger partial charge is 0.250 e. The SMILES string of the molecule is O=C(C=Cc1ccc(F)cc1)Nc1nc(-c2ccccc2)ns1. The number of nitrogens with one attached hydrogen (secondary N) is 1. The number of hydrogen-bond donors (Lipinski definition) is 1. The van der Waals surface area contributed by atoms with Gasteiger partial charge >= 0.3 is 0 Å². The van der Waals surface area contributed by atoms with Gasteiger partial charge in [0.25, 0.3) is 0 Å². The molecule has 1 amide bonds. The molecule has 3 rings (SSSR count). The third kappa shape index (κ3) is 4.08. The van der Waals surface area contributed by atoms with Gasteiger partial charge in [-0.25, -0.2) is 4.39 Å². The number of hydrogen-bond acceptors (Lipinski definition) is 4. The van der Waals surface area contributed by atoms with Crippen LogP contribution in [-0.2, 0) is 4.79 Å². The maximum absolute atomic E-state index is 12.8. The molecule has 1 heterocycles. The Balaban J connectivity index is 1.64. The van der Waals surface area contributed by atoms with Crippen LogP contribution in [0.5, 0.6) is 0 Å². The normalized spacial score (nSPS) is 10.8. The maximum Gasteiger partial charge on any atom is 0.250 e. The zero-order valence-corrected chi connectivity index (χ0v) is 12.8. The second kappa shape index (κ2) is 6.93. The van der Waals surface area contributed by atoms with Crippen molar-refractivity contribution in [1.82, 2.24) is 9.36 Å². The predicted molar refractivity (Wildman–Crippen MR) is 89.4 cm³/mol. The highest BCUT2D eigenvalue weighted by Gasteiger charge is 2.07. The number of halogens is 1. The van der Waals surface area contributed by atoms with Crippen molar-refractivity contribution in [3.05, 3.63) is 72.1 Å². The average Bonchev–Trinajstić information content (AvgIpc) is 3.04. The Morgan fingerprint density at radius 1 is 1.09 bits per heavy atom. The van der Waals surface area contributed by atoms with Crippen LogP contribution in [-0.4, -0.2) is 15.3 Å². The van der Waals surface area contributed by atoms with Crippen molar-refractivity contribution in [2.45, 2.75) is 0 Å². The van der Waals surface area contributed by atoms with E-state index in [4.69, 9.17) is 0 Å². The third-order valence-corrected chi connectivity index (χ3v) is 3.62. The summed E-state index contributed by atoms with van der Waals surface area (Å²) in [6.45, 7) is 0. The second-order valence-electron chi connectivity index (χ2n) is 4.66. The first-order chi connectivity index (χ1) is 11.2. The van der Waals surface area contributed by atoms with Crippen LogP contribution < -0.4 is 5.32 Å². The van der Waals surface area contributed by atoms with E-state index >= 15 is 0 Å². The van der Waals surface area contributed by atoms with Gasteiger partial charge in [-0.05, 0) is 23.8 Å². The monoisotopic (exact) mass is 325 g/mol. The summed E-state index contributed by atoms with van der Waals surface area (Å²) >= 11 is 1.12. The van der Waals surface area contributed by atoms with Gasteiger partial charge in [-0.15, -0.1) is 0 Å². The molecule has 0 atom stereocenters. The van der Waals surface area contributed by atoms with Crippen molar-refractivity contribution in [2.75, 3.05) is 5.32 Å². The van der Waals surface area contributed by atoms with E-state index in [-0.39, 0.29) is 11.7 Å². The van der Waals surface area contributed by atoms with Crippen molar-refractivity contribution in [3.8, 4) is 11.4 Å². The van der Waals surface area contributed by atoms with E-state index in [0.717, 1.165) is 22.7 Å². The summed E-state index contributed by atoms with van der Waals surface area (Å²) in [5, 5.41) is 3.09. The van der Waals surface area contributed by atoms with Crippen molar-refractivity contribution in [3.63, 3.8) is 0 Å². The minimum absolute atomic E-state index is 0.311. The molecule has 3 aromatic rings. The van der Waals surface area contributed by atoms with E-state index in [1.165, 1.54) is 18.2 Å². The van der Waals surface area contributed by atoms with Gasteiger partial charge in [0.2, 0.25) is 11.0 Å². The summed E-state index contributed by atoms with van der Waals surface area (Å²) < 4.78 is 17.0. The molecule has 0 saturated heterocycles. The molecule has 2 aromatic carbocycles. The van der Waals surface area contributed by atoms with Gasteiger partial charge < -0.3 is 0 Å². The molecule has 1 N–H and O–H groups in total. The number of amides is 1. The van der Waals surface area contributed by atoms with Crippen molar-refractivity contribution in [1.29, 1.82) is 0 Å². The second-order valence-corrected chi connectivity index (χ2v) is 5.42. The van der Waals surface area contributed by atoms with Crippen LogP contribution in [0.3, 0.4) is 0 Å². The summed E-state index contributed by atoms with van der Waals surface area (Å²) in [5.41, 5.74) is 1.63. The van der Waals surface area contributed by atoms with Gasteiger partial charge in [0.05, 0.1) is 0 Å². The molecule has 23 heavy (non-hydrogen) atoms. The van der Waals surface area contributed by atoms with E-state index in [0.29, 0.717) is 11.0 Å². The van der Waals surface area contributed by atoms with Gasteiger partial charge in [-0.2, -0.15) is 9.36 Å². The van der Waals surface area contributed by atoms with Crippen LogP contribution in [0.15, 0.2) is 60.7 Å². The molecule has 0 spiro atoms. The molecule has 0 saturated carbocycles. The first kappa shape index (κ1) is 15.1. The lowest BCUT2D eigenvalue weighted by Crippen LogP contribution is -2.07. The van der Waals surface area contributed by atoms with E-state index < -0.39 is 0 Å². The Hall–Kier alpha value is -2.86. The molecule has 0 aliphatic heterocycles. The Morgan fingerprint density at radius 3 is 2.57 bits per heavy atom. The predicted octanol–water partition coefficient (Wildman–Crippen LogP) is 4.00. The third-order valence-electron chi connectivity index (χ3n) is 2.99. The molecule has 0 radical (unpaired) electrons. The summed E-state index contributed by atoms with van der Waals surface area (Å²) in [4.78, 5) is 16.1. The van der Waals surface area contributed by atoms with Gasteiger partial charge in [0, 0.05) is 23.2 Å². The molecule has 6 heteroatoms. The lowest BCUT2D eigenvalue weighted by atomic mass is 10.2. The first-order valence-corrected chi connectivity index (χ1v) is 7.62. The Kier molecular flexibility index (Phi) is 4.54. The van der Waals surface area contributed by atoms with Crippen LogP contribution >= 0.6 is 11.5 Å². The summed E-state index contributed by atoms with van der Waals surface area (Å²) in [6.07, 6.45) is 2.98. The van der Waals surface area contributed by atoms with Gasteiger partial charge in [-0.3, -0.25) is 10.1 Å². The molecule has 0 unspecified atom stereocenters. The van der Waals surface area contributed by atoms with Gasteiger partial charge in [0.15, 0.2) is 5.82 Å². The first-order valence-electron chi connectivity index (χ1n) is 6.84. The largest absolute Gasteiger partial charge is 0.297 e. The fourth-order valence-electron chi connectivity index (χ4n) is 1.87. The Labute approximate surface area is 136 Å². The highest BCUT2D eigenvalue weighted by Crippen LogP contribution is 2.20. The number of nitrogens with zero attached hydrogens (tertiary/aromatic N) is 2. The molecule has 0 aliphatic carbocycles. The van der Waals surface area contributed by atoms with E-state index in [1.807, 2.05) is 30.3 Å². The molecule has 0 aliphatic rings. The molecule has 0 fully saturated rings. The quantitative estimate of drug-likeness (QED) is 0.738. The van der Waals surface area contributed by atoms with Crippen LogP contribution in [0.25, 0.3) is 17.5 Å². The number of anilines is 1. The molecular formula is C17H12FN3OS. The molecule has 0 bridgehead atoms. The summed E-state index contributed by atoms with van der Waals surface area (Å²) in [5.74, 6) is -0.0487. The van der Waals surface area contributed by atoms with Crippen LogP contribution in [0.4, 0.5) is 9.52 Å². The fraction of sp³-hybridized carbons (Fsp3) is 0. The number of rotatable bonds is 4. The zero-order chi connectivity index (χ0) is 16.1. The number of carbonyl (C=O) groups is 1. The molecule has 114 valence electrons. The van der Waals surface area contributed by atoms with Crippen LogP contribution in [0, 0.1) is 5.82 Å². The lowest BCUT2D eigenvalue weighted by molar-refractivity contribution is -0.111. The van der Waals surface area contributed by atoms with Crippen molar-refractivity contribution >= 4 is 28.6 Å². The van der Waals surface area contributed by atoms with Gasteiger partial charge in [0.1, 0.15) is 5.82 Å². The Bertz CT molecular complexity index is 829. The molecule has 1 aromatic heterocycles. The summed E-state index contributed by atoms with van der Waals surface area (Å²) in [6, 6.07) is 15.4. The fourth-order valence-corrected chi connectivity index (χ4v) is 2.46. The van der Waals surface area contributed by atoms with Crippen molar-refractivity contribution in [2.24, 2.45) is 0 Å². The lowest BCUT2D eigenvalue weighted by Gasteiger charge is -1.96. The molecule has 4 nitrogen and oxygen atoms in total. The minimum Gasteiger partial charge on any atom is -0.297 e. The Morgan fingerprint density at radius 2 is 1.83 bits per heavy atom. The van der Waals surface area contributed by atoms with E-state index in [9.17, 15) is 9.18 Å². The minimum atomic E-state index is -0.315. The highest BCUT2D eigenvalue weighted by molar-refractivity contribution is 7.10. The van der Waals surface area contributed by atoms with Gasteiger partial charge in [-0.1, -0.05) is 42.5 Å². The standard InChI is InChI=1S/C17H12FN3OS/c18-14-9-6-12(7-10-14)8-11-15(22)19-17-20-16(21-23-17)13-4-2-1-3-5-13/h1-11H,(H,19,20,21,22). The van der Waals surface area contributed by atoms with E-state index in [1.54, 1.807) is 18.2 Å². The van der Waals surface area contributed by atoms with Crippen LogP contribution in [0.2, 0.25) is 0 Å². The van der Waals surface area contributed by atoms with E-state index in [2.05, 4.69) is 14.7 Å². The highest BCUT2D eigenvalue weighted by atomic mass is 32.1. The molecular weight excluding hydrogens is 313 g/mol. The maximum atomic E-state index is 12.8. The average molecular weight is 325 g/mol. The topological polar surface area (TPSA) is 54.9 Å². The number of benzene rings is 2. The van der Waals surface area contributed by atoms with Crippen molar-refractivity contribution < 1.29 is 9.18 Å². The number of carbonyl (C=O) groups excluding carboxylic acids is 1. The summed E-state index contributed by atoms with van der Waals surface area (Å²) in [7, 11) is 0. The van der Waals surface area contributed by atoms with Crippen LogP contribution in [0.1, 0.15) is 5.56 Å².